The van der Waals surface area contributed by atoms with Gasteiger partial charge in [0.05, 0.1) is 29.1 Å². The molecule has 2 heterocycles. The summed E-state index contributed by atoms with van der Waals surface area (Å²) in [6.45, 7) is 5.67. The number of aryl methyl sites for hydroxylation is 2. The van der Waals surface area contributed by atoms with Crippen molar-refractivity contribution in [3.8, 4) is 16.3 Å². The number of hydrogen-bond donors (Lipinski definition) is 2. The molecule has 0 aliphatic heterocycles. The maximum absolute atomic E-state index is 12.4. The van der Waals surface area contributed by atoms with E-state index < -0.39 is 5.41 Å². The van der Waals surface area contributed by atoms with Gasteiger partial charge in [0.15, 0.2) is 10.3 Å². The van der Waals surface area contributed by atoms with Gasteiger partial charge in [-0.25, -0.2) is 9.97 Å². The van der Waals surface area contributed by atoms with E-state index in [9.17, 15) is 4.79 Å². The normalized spacial score (nSPS) is 13.2. The van der Waals surface area contributed by atoms with Crippen molar-refractivity contribution in [3.05, 3.63) is 33.8 Å². The summed E-state index contributed by atoms with van der Waals surface area (Å²) in [6.07, 6.45) is 2.83. The number of aromatic nitrogens is 2. The van der Waals surface area contributed by atoms with Crippen LogP contribution in [0, 0.1) is 5.41 Å². The fraction of sp³-hybridized carbons (Fsp3) is 0.381. The van der Waals surface area contributed by atoms with Gasteiger partial charge in [-0.1, -0.05) is 43.7 Å². The van der Waals surface area contributed by atoms with Crippen LogP contribution in [0.25, 0.3) is 10.6 Å². The minimum Gasteiger partial charge on any atom is -0.495 e. The number of fused-ring (bicyclic) bond motifs is 3. The Kier molecular flexibility index (Phi) is 5.74. The van der Waals surface area contributed by atoms with E-state index in [0.29, 0.717) is 15.9 Å². The van der Waals surface area contributed by atoms with Crippen molar-refractivity contribution in [2.75, 3.05) is 17.7 Å². The first-order chi connectivity index (χ1) is 14.2. The molecular formula is C21H23ClN4O2S2. The molecule has 0 spiro atoms. The Morgan fingerprint density at radius 1 is 1.17 bits per heavy atom. The molecule has 1 aliphatic rings. The van der Waals surface area contributed by atoms with Crippen LogP contribution in [0.5, 0.6) is 5.75 Å². The van der Waals surface area contributed by atoms with Gasteiger partial charge in [0.25, 0.3) is 0 Å². The molecule has 0 saturated heterocycles. The largest absolute Gasteiger partial charge is 0.495 e. The first kappa shape index (κ1) is 21.1. The first-order valence-corrected chi connectivity index (χ1v) is 11.7. The number of carbonyl (C=O) groups is 1. The number of anilines is 3. The summed E-state index contributed by atoms with van der Waals surface area (Å²) in [5, 5.41) is 8.34. The average molecular weight is 463 g/mol. The fourth-order valence-electron chi connectivity index (χ4n) is 3.11. The van der Waals surface area contributed by atoms with Crippen LogP contribution < -0.4 is 15.4 Å². The van der Waals surface area contributed by atoms with E-state index in [1.165, 1.54) is 16.2 Å². The molecule has 9 heteroatoms. The van der Waals surface area contributed by atoms with E-state index in [4.69, 9.17) is 21.3 Å². The molecule has 2 aromatic heterocycles. The van der Waals surface area contributed by atoms with Crippen LogP contribution in [0.2, 0.25) is 5.02 Å². The third kappa shape index (κ3) is 4.31. The van der Waals surface area contributed by atoms with Crippen molar-refractivity contribution in [1.82, 2.24) is 9.97 Å². The second kappa shape index (κ2) is 8.17. The summed E-state index contributed by atoms with van der Waals surface area (Å²) in [6, 6.07) is 5.44. The Bertz CT molecular complexity index is 1100. The maximum Gasteiger partial charge on any atom is 0.231 e. The lowest BCUT2D eigenvalue weighted by molar-refractivity contribution is -0.123. The Morgan fingerprint density at radius 3 is 2.70 bits per heavy atom. The van der Waals surface area contributed by atoms with Crippen LogP contribution >= 0.6 is 34.3 Å². The zero-order valence-corrected chi connectivity index (χ0v) is 19.6. The number of amides is 1. The standard InChI is InChI=1S/C21H23ClN4O2S2/c1-21(2,3)18(27)26-20-23-12-6-5-7-15-16(17(12)30-20)25-19(29-15)24-13-10-11(22)8-9-14(13)28-4/h8-10H,5-7H2,1-4H3,(H,24,25)(H,23,26,27). The number of hydrogen-bond acceptors (Lipinski definition) is 7. The van der Waals surface area contributed by atoms with Gasteiger partial charge in [0.1, 0.15) is 5.75 Å². The molecule has 0 radical (unpaired) electrons. The van der Waals surface area contributed by atoms with Crippen LogP contribution in [0.15, 0.2) is 18.2 Å². The Balaban J connectivity index is 1.65. The molecular weight excluding hydrogens is 440 g/mol. The molecule has 0 atom stereocenters. The van der Waals surface area contributed by atoms with Crippen LogP contribution in [0.1, 0.15) is 37.8 Å². The van der Waals surface area contributed by atoms with Gasteiger partial charge in [-0.05, 0) is 37.5 Å². The van der Waals surface area contributed by atoms with Crippen LogP contribution in [0.3, 0.4) is 0 Å². The van der Waals surface area contributed by atoms with Crippen LogP contribution in [0.4, 0.5) is 16.0 Å². The second-order valence-corrected chi connectivity index (χ2v) is 10.6. The number of carbonyl (C=O) groups excluding carboxylic acids is 1. The topological polar surface area (TPSA) is 76.1 Å². The lowest BCUT2D eigenvalue weighted by Crippen LogP contribution is -2.27. The van der Waals surface area contributed by atoms with Crippen molar-refractivity contribution in [3.63, 3.8) is 0 Å². The number of ether oxygens (including phenoxy) is 1. The molecule has 0 unspecified atom stereocenters. The molecule has 0 bridgehead atoms. The smallest absolute Gasteiger partial charge is 0.231 e. The molecule has 0 saturated carbocycles. The summed E-state index contributed by atoms with van der Waals surface area (Å²) >= 11 is 9.28. The summed E-state index contributed by atoms with van der Waals surface area (Å²) in [5.74, 6) is 0.663. The van der Waals surface area contributed by atoms with Crippen molar-refractivity contribution >= 4 is 56.1 Å². The Morgan fingerprint density at radius 2 is 1.97 bits per heavy atom. The highest BCUT2D eigenvalue weighted by Crippen LogP contribution is 2.43. The molecule has 30 heavy (non-hydrogen) atoms. The molecule has 0 fully saturated rings. The lowest BCUT2D eigenvalue weighted by atomic mass is 9.96. The highest BCUT2D eigenvalue weighted by molar-refractivity contribution is 7.20. The fourth-order valence-corrected chi connectivity index (χ4v) is 5.39. The van der Waals surface area contributed by atoms with Gasteiger partial charge < -0.3 is 15.4 Å². The van der Waals surface area contributed by atoms with E-state index in [0.717, 1.165) is 46.3 Å². The van der Waals surface area contributed by atoms with Gasteiger partial charge in [-0.2, -0.15) is 0 Å². The third-order valence-electron chi connectivity index (χ3n) is 4.73. The first-order valence-electron chi connectivity index (χ1n) is 9.66. The number of thiazole rings is 2. The number of nitrogens with zero attached hydrogens (tertiary/aromatic N) is 2. The number of benzene rings is 1. The average Bonchev–Trinajstić information content (AvgIpc) is 3.21. The molecule has 4 rings (SSSR count). The van der Waals surface area contributed by atoms with Gasteiger partial charge >= 0.3 is 0 Å². The van der Waals surface area contributed by atoms with Crippen LogP contribution in [-0.4, -0.2) is 23.0 Å². The zero-order valence-electron chi connectivity index (χ0n) is 17.3. The number of halogens is 1. The minimum absolute atomic E-state index is 0.0414. The third-order valence-corrected chi connectivity index (χ3v) is 7.02. The van der Waals surface area contributed by atoms with Crippen molar-refractivity contribution in [1.29, 1.82) is 0 Å². The molecule has 6 nitrogen and oxygen atoms in total. The van der Waals surface area contributed by atoms with Gasteiger partial charge in [0.2, 0.25) is 5.91 Å². The van der Waals surface area contributed by atoms with Crippen molar-refractivity contribution < 1.29 is 9.53 Å². The molecule has 1 amide bonds. The van der Waals surface area contributed by atoms with E-state index in [1.54, 1.807) is 24.5 Å². The number of nitrogens with one attached hydrogen (secondary N) is 2. The number of methoxy groups -OCH3 is 1. The second-order valence-electron chi connectivity index (χ2n) is 8.11. The predicted molar refractivity (Wildman–Crippen MR) is 125 cm³/mol. The van der Waals surface area contributed by atoms with Crippen LogP contribution in [-0.2, 0) is 17.6 Å². The Hall–Kier alpha value is -2.16. The minimum atomic E-state index is -0.470. The molecule has 3 aromatic rings. The van der Waals surface area contributed by atoms with Gasteiger partial charge in [-0.15, -0.1) is 11.3 Å². The molecule has 2 N–H and O–H groups in total. The quantitative estimate of drug-likeness (QED) is 0.486. The van der Waals surface area contributed by atoms with Gasteiger partial charge in [-0.3, -0.25) is 4.79 Å². The van der Waals surface area contributed by atoms with Gasteiger partial charge in [0, 0.05) is 15.3 Å². The molecule has 158 valence electrons. The van der Waals surface area contributed by atoms with E-state index in [2.05, 4.69) is 15.6 Å². The molecule has 1 aliphatic carbocycles. The monoisotopic (exact) mass is 462 g/mol. The highest BCUT2D eigenvalue weighted by atomic mass is 35.5. The molecule has 1 aromatic carbocycles. The van der Waals surface area contributed by atoms with E-state index in [1.807, 2.05) is 32.9 Å². The Labute approximate surface area is 188 Å². The van der Waals surface area contributed by atoms with Crippen molar-refractivity contribution in [2.45, 2.75) is 40.0 Å². The summed E-state index contributed by atoms with van der Waals surface area (Å²) in [5.41, 5.74) is 2.25. The SMILES string of the molecule is COc1ccc(Cl)cc1Nc1nc2c(s1)CCCc1nc(NC(=O)C(C)(C)C)sc1-2. The zero-order chi connectivity index (χ0) is 21.5. The highest BCUT2D eigenvalue weighted by Gasteiger charge is 2.26. The lowest BCUT2D eigenvalue weighted by Gasteiger charge is -2.15. The summed E-state index contributed by atoms with van der Waals surface area (Å²) in [4.78, 5) is 24.2. The summed E-state index contributed by atoms with van der Waals surface area (Å²) < 4.78 is 5.43. The number of rotatable bonds is 4. The predicted octanol–water partition coefficient (Wildman–Crippen LogP) is 6.15. The maximum atomic E-state index is 12.4. The van der Waals surface area contributed by atoms with Crippen molar-refractivity contribution in [2.24, 2.45) is 5.41 Å². The summed E-state index contributed by atoms with van der Waals surface area (Å²) in [7, 11) is 1.63. The van der Waals surface area contributed by atoms with E-state index in [-0.39, 0.29) is 5.91 Å². The van der Waals surface area contributed by atoms with E-state index >= 15 is 0 Å².